The average molecular weight is 413 g/mol. The van der Waals surface area contributed by atoms with Gasteiger partial charge in [0.15, 0.2) is 29.0 Å². The van der Waals surface area contributed by atoms with Gasteiger partial charge < -0.3 is 20.5 Å². The van der Waals surface area contributed by atoms with Crippen LogP contribution < -0.4 is 15.8 Å². The van der Waals surface area contributed by atoms with Crippen molar-refractivity contribution in [2.24, 2.45) is 0 Å². The Morgan fingerprint density at radius 3 is 2.67 bits per heavy atom. The van der Waals surface area contributed by atoms with Gasteiger partial charge in [-0.15, -0.1) is 0 Å². The second-order valence-corrected chi connectivity index (χ2v) is 5.73. The van der Waals surface area contributed by atoms with E-state index in [0.29, 0.717) is 0 Å². The first kappa shape index (κ1) is 20.5. The molecule has 0 fully saturated rings. The number of hydrogen-bond donors (Lipinski definition) is 2. The quantitative estimate of drug-likeness (QED) is 0.424. The standard InChI is InChI=1S/C17H15Cl2FN4O3/c1-4-5-10(22-2)27-17(25)13-11(19)15(21)24-16(23-13)8-6-7-9(18)14(26-3)12(8)20/h4-7,22H,1H2,2-3H3,(H2,21,23,24)/b10-5+. The van der Waals surface area contributed by atoms with E-state index in [0.717, 1.165) is 0 Å². The molecule has 0 bridgehead atoms. The van der Waals surface area contributed by atoms with Gasteiger partial charge in [0.25, 0.3) is 0 Å². The van der Waals surface area contributed by atoms with Gasteiger partial charge in [0.05, 0.1) is 17.7 Å². The second-order valence-electron chi connectivity index (χ2n) is 4.94. The Balaban J connectivity index is 2.56. The number of allylic oxidation sites excluding steroid dienone is 2. The Morgan fingerprint density at radius 2 is 2.07 bits per heavy atom. The van der Waals surface area contributed by atoms with Crippen LogP contribution in [0.1, 0.15) is 10.5 Å². The first-order valence-electron chi connectivity index (χ1n) is 7.42. The first-order chi connectivity index (χ1) is 12.8. The zero-order valence-electron chi connectivity index (χ0n) is 14.3. The lowest BCUT2D eigenvalue weighted by molar-refractivity contribution is 0.0599. The van der Waals surface area contributed by atoms with Crippen molar-refractivity contribution in [3.05, 3.63) is 58.3 Å². The van der Waals surface area contributed by atoms with Crippen LogP contribution in [0.5, 0.6) is 5.75 Å². The van der Waals surface area contributed by atoms with E-state index < -0.39 is 11.8 Å². The van der Waals surface area contributed by atoms with Crippen LogP contribution >= 0.6 is 23.2 Å². The molecule has 1 aromatic heterocycles. The van der Waals surface area contributed by atoms with Gasteiger partial charge in [0.2, 0.25) is 0 Å². The summed E-state index contributed by atoms with van der Waals surface area (Å²) in [6.07, 6.45) is 2.83. The van der Waals surface area contributed by atoms with Crippen molar-refractivity contribution in [1.29, 1.82) is 0 Å². The summed E-state index contributed by atoms with van der Waals surface area (Å²) >= 11 is 11.9. The lowest BCUT2D eigenvalue weighted by Gasteiger charge is -2.12. The third-order valence-corrected chi connectivity index (χ3v) is 3.95. The summed E-state index contributed by atoms with van der Waals surface area (Å²) in [4.78, 5) is 20.3. The molecule has 3 N–H and O–H groups in total. The van der Waals surface area contributed by atoms with Crippen molar-refractivity contribution in [3.63, 3.8) is 0 Å². The van der Waals surface area contributed by atoms with Crippen molar-refractivity contribution in [2.45, 2.75) is 0 Å². The first-order valence-corrected chi connectivity index (χ1v) is 8.17. The predicted octanol–water partition coefficient (Wildman–Crippen LogP) is 3.58. The SMILES string of the molecule is C=C/C=C(\NC)OC(=O)c1nc(-c2ccc(Cl)c(OC)c2F)nc(N)c1Cl. The molecule has 0 aliphatic rings. The largest absolute Gasteiger partial charge is 0.492 e. The molecule has 27 heavy (non-hydrogen) atoms. The van der Waals surface area contributed by atoms with Gasteiger partial charge >= 0.3 is 5.97 Å². The summed E-state index contributed by atoms with van der Waals surface area (Å²) in [5.74, 6) is -2.23. The average Bonchev–Trinajstić information content (AvgIpc) is 2.64. The molecule has 1 heterocycles. The molecule has 0 saturated heterocycles. The van der Waals surface area contributed by atoms with Crippen molar-refractivity contribution >= 4 is 35.0 Å². The Bertz CT molecular complexity index is 935. The van der Waals surface area contributed by atoms with Crippen molar-refractivity contribution < 1.29 is 18.7 Å². The predicted molar refractivity (Wildman–Crippen MR) is 101 cm³/mol. The van der Waals surface area contributed by atoms with Crippen LogP contribution in [0.4, 0.5) is 10.2 Å². The van der Waals surface area contributed by atoms with Crippen molar-refractivity contribution in [3.8, 4) is 17.1 Å². The van der Waals surface area contributed by atoms with E-state index in [1.807, 2.05) is 0 Å². The van der Waals surface area contributed by atoms with Gasteiger partial charge in [-0.05, 0) is 18.2 Å². The molecule has 0 amide bonds. The molecule has 0 spiro atoms. The smallest absolute Gasteiger partial charge is 0.365 e. The monoisotopic (exact) mass is 412 g/mol. The van der Waals surface area contributed by atoms with Crippen LogP contribution in [-0.4, -0.2) is 30.1 Å². The van der Waals surface area contributed by atoms with Gasteiger partial charge in [0.1, 0.15) is 10.8 Å². The van der Waals surface area contributed by atoms with Crippen molar-refractivity contribution in [1.82, 2.24) is 15.3 Å². The van der Waals surface area contributed by atoms with E-state index in [-0.39, 0.29) is 44.6 Å². The maximum Gasteiger partial charge on any atom is 0.365 e. The Kier molecular flexibility index (Phi) is 6.59. The van der Waals surface area contributed by atoms with E-state index in [1.165, 1.54) is 31.4 Å². The van der Waals surface area contributed by atoms with Crippen LogP contribution in [0, 0.1) is 5.82 Å². The highest BCUT2D eigenvalue weighted by molar-refractivity contribution is 6.35. The minimum Gasteiger partial charge on any atom is -0.492 e. The fourth-order valence-electron chi connectivity index (χ4n) is 2.04. The normalized spacial score (nSPS) is 11.1. The van der Waals surface area contributed by atoms with E-state index >= 15 is 0 Å². The van der Waals surface area contributed by atoms with Crippen LogP contribution in [-0.2, 0) is 4.74 Å². The highest BCUT2D eigenvalue weighted by Gasteiger charge is 2.23. The number of nitrogens with one attached hydrogen (secondary N) is 1. The van der Waals surface area contributed by atoms with E-state index in [4.69, 9.17) is 38.4 Å². The molecule has 2 aromatic rings. The molecule has 0 aliphatic carbocycles. The highest BCUT2D eigenvalue weighted by Crippen LogP contribution is 2.35. The van der Waals surface area contributed by atoms with E-state index in [2.05, 4.69) is 21.9 Å². The summed E-state index contributed by atoms with van der Waals surface area (Å²) in [6, 6.07) is 2.73. The van der Waals surface area contributed by atoms with Gasteiger partial charge in [-0.1, -0.05) is 35.9 Å². The number of hydrogen-bond acceptors (Lipinski definition) is 7. The molecular formula is C17H15Cl2FN4O3. The summed E-state index contributed by atoms with van der Waals surface area (Å²) in [5, 5.41) is 2.49. The summed E-state index contributed by atoms with van der Waals surface area (Å²) in [6.45, 7) is 3.50. The van der Waals surface area contributed by atoms with E-state index in [9.17, 15) is 9.18 Å². The number of methoxy groups -OCH3 is 1. The molecule has 0 atom stereocenters. The molecule has 0 radical (unpaired) electrons. The number of aromatic nitrogens is 2. The second kappa shape index (κ2) is 8.70. The molecule has 142 valence electrons. The Labute approximate surface area is 164 Å². The maximum absolute atomic E-state index is 14.6. The lowest BCUT2D eigenvalue weighted by Crippen LogP contribution is -2.17. The number of anilines is 1. The van der Waals surface area contributed by atoms with E-state index in [1.54, 1.807) is 7.05 Å². The lowest BCUT2D eigenvalue weighted by atomic mass is 10.1. The minimum atomic E-state index is -0.917. The Morgan fingerprint density at radius 1 is 1.37 bits per heavy atom. The minimum absolute atomic E-state index is 0.0635. The maximum atomic E-state index is 14.6. The number of carbonyl (C=O) groups is 1. The third kappa shape index (κ3) is 4.29. The number of nitrogens with zero attached hydrogens (tertiary/aromatic N) is 2. The molecule has 1 aromatic carbocycles. The molecule has 10 heteroatoms. The van der Waals surface area contributed by atoms with Crippen LogP contribution in [0.2, 0.25) is 10.0 Å². The fourth-order valence-corrected chi connectivity index (χ4v) is 2.42. The number of benzene rings is 1. The molecule has 0 unspecified atom stereocenters. The summed E-state index contributed by atoms with van der Waals surface area (Å²) < 4.78 is 24.7. The number of rotatable bonds is 6. The zero-order chi connectivity index (χ0) is 20.1. The number of nitrogens with two attached hydrogens (primary N) is 1. The molecule has 0 aliphatic heterocycles. The number of carbonyl (C=O) groups excluding carboxylic acids is 1. The molecular weight excluding hydrogens is 398 g/mol. The number of ether oxygens (including phenoxy) is 2. The zero-order valence-corrected chi connectivity index (χ0v) is 15.9. The van der Waals surface area contributed by atoms with Gasteiger partial charge in [0, 0.05) is 7.05 Å². The van der Waals surface area contributed by atoms with Gasteiger partial charge in [-0.3, -0.25) is 0 Å². The highest BCUT2D eigenvalue weighted by atomic mass is 35.5. The summed E-state index contributed by atoms with van der Waals surface area (Å²) in [7, 11) is 2.80. The van der Waals surface area contributed by atoms with Gasteiger partial charge in [-0.2, -0.15) is 0 Å². The van der Waals surface area contributed by atoms with Crippen LogP contribution in [0.3, 0.4) is 0 Å². The van der Waals surface area contributed by atoms with Gasteiger partial charge in [-0.25, -0.2) is 19.2 Å². The topological polar surface area (TPSA) is 99.4 Å². The summed E-state index contributed by atoms with van der Waals surface area (Å²) in [5.41, 5.74) is 5.34. The molecule has 7 nitrogen and oxygen atoms in total. The third-order valence-electron chi connectivity index (χ3n) is 3.28. The molecule has 0 saturated carbocycles. The number of halogens is 3. The fraction of sp³-hybridized carbons (Fsp3) is 0.118. The molecule has 2 rings (SSSR count). The Hall–Kier alpha value is -2.84. The van der Waals surface area contributed by atoms with Crippen molar-refractivity contribution in [2.75, 3.05) is 19.9 Å². The van der Waals surface area contributed by atoms with Crippen LogP contribution in [0.25, 0.3) is 11.4 Å². The number of nitrogen functional groups attached to an aromatic ring is 1. The number of esters is 1. The van der Waals surface area contributed by atoms with Crippen LogP contribution in [0.15, 0.2) is 36.7 Å².